The van der Waals surface area contributed by atoms with Crippen LogP contribution in [-0.2, 0) is 0 Å². The minimum absolute atomic E-state index is 1.08. The fourth-order valence-corrected chi connectivity index (χ4v) is 2.98. The van der Waals surface area contributed by atoms with E-state index in [1.807, 2.05) is 13.0 Å². The Morgan fingerprint density at radius 2 is 1.36 bits per heavy atom. The molecule has 0 spiro atoms. The van der Waals surface area contributed by atoms with E-state index < -0.39 is 0 Å². The van der Waals surface area contributed by atoms with E-state index >= 15 is 0 Å². The van der Waals surface area contributed by atoms with Crippen molar-refractivity contribution in [1.82, 2.24) is 0 Å². The molecule has 0 heteroatoms. The van der Waals surface area contributed by atoms with Gasteiger partial charge in [0.05, 0.1) is 0 Å². The van der Waals surface area contributed by atoms with Crippen molar-refractivity contribution in [2.24, 2.45) is 0 Å². The van der Waals surface area contributed by atoms with Crippen LogP contribution in [0.25, 0.3) is 27.1 Å². The first-order chi connectivity index (χ1) is 10.6. The van der Waals surface area contributed by atoms with Crippen molar-refractivity contribution in [2.45, 2.75) is 13.8 Å². The van der Waals surface area contributed by atoms with Crippen molar-refractivity contribution in [3.63, 3.8) is 0 Å². The van der Waals surface area contributed by atoms with Gasteiger partial charge < -0.3 is 0 Å². The third kappa shape index (κ3) is 2.27. The minimum atomic E-state index is 1.08. The number of allylic oxidation sites excluding steroid dienone is 4. The van der Waals surface area contributed by atoms with Gasteiger partial charge in [-0.2, -0.15) is 0 Å². The molecule has 3 aromatic rings. The smallest absolute Gasteiger partial charge is 0.00243 e. The van der Waals surface area contributed by atoms with Gasteiger partial charge in [-0.25, -0.2) is 0 Å². The van der Waals surface area contributed by atoms with Crippen LogP contribution in [0.4, 0.5) is 0 Å². The maximum absolute atomic E-state index is 4.10. The lowest BCUT2D eigenvalue weighted by Crippen LogP contribution is -1.92. The highest BCUT2D eigenvalue weighted by Gasteiger charge is 2.12. The third-order valence-corrected chi connectivity index (χ3v) is 4.29. The molecule has 0 atom stereocenters. The number of benzene rings is 3. The maximum Gasteiger partial charge on any atom is -0.00243 e. The van der Waals surface area contributed by atoms with Crippen LogP contribution in [0.3, 0.4) is 0 Å². The maximum atomic E-state index is 4.10. The van der Waals surface area contributed by atoms with Crippen LogP contribution in [0.15, 0.2) is 85.0 Å². The molecule has 0 N–H and O–H groups in total. The predicted octanol–water partition coefficient (Wildman–Crippen LogP) is 6.53. The highest BCUT2D eigenvalue weighted by molar-refractivity contribution is 6.11. The number of hydrogen-bond donors (Lipinski definition) is 0. The minimum Gasteiger partial charge on any atom is -0.0984 e. The average molecular weight is 284 g/mol. The van der Waals surface area contributed by atoms with Gasteiger partial charge in [0.1, 0.15) is 0 Å². The van der Waals surface area contributed by atoms with Crippen LogP contribution in [0.1, 0.15) is 19.4 Å². The standard InChI is InChI=1S/C22H20/c1-5-19(16(4)15(2)3)22-20-12-8-6-10-17(20)14-18-11-7-9-13-21(18)22/h5-14H,1-2H2,3-4H3/b19-16-. The van der Waals surface area contributed by atoms with E-state index in [0.29, 0.717) is 0 Å². The molecule has 0 nitrogen and oxygen atoms in total. The van der Waals surface area contributed by atoms with E-state index in [0.717, 1.165) is 5.57 Å². The van der Waals surface area contributed by atoms with Crippen molar-refractivity contribution < 1.29 is 0 Å². The molecule has 0 heterocycles. The molecule has 0 amide bonds. The second kappa shape index (κ2) is 5.65. The predicted molar refractivity (Wildman–Crippen MR) is 99.1 cm³/mol. The Kier molecular flexibility index (Phi) is 3.68. The van der Waals surface area contributed by atoms with E-state index in [9.17, 15) is 0 Å². The van der Waals surface area contributed by atoms with E-state index in [1.165, 1.54) is 38.3 Å². The molecule has 108 valence electrons. The Morgan fingerprint density at radius 1 is 0.864 bits per heavy atom. The molecule has 0 unspecified atom stereocenters. The van der Waals surface area contributed by atoms with Crippen LogP contribution >= 0.6 is 0 Å². The lowest BCUT2D eigenvalue weighted by molar-refractivity contribution is 1.37. The van der Waals surface area contributed by atoms with Gasteiger partial charge in [0.15, 0.2) is 0 Å². The molecule has 0 bridgehead atoms. The molecule has 22 heavy (non-hydrogen) atoms. The Bertz CT molecular complexity index is 869. The zero-order valence-electron chi connectivity index (χ0n) is 13.2. The fraction of sp³-hybridized carbons (Fsp3) is 0.0909. The lowest BCUT2D eigenvalue weighted by atomic mass is 9.88. The summed E-state index contributed by atoms with van der Waals surface area (Å²) in [7, 11) is 0. The van der Waals surface area contributed by atoms with Crippen molar-refractivity contribution >= 4 is 27.1 Å². The SMILES string of the molecule is C=C/C(=C(\C)C(=C)C)c1c2ccccc2cc2ccccc12. The zero-order chi connectivity index (χ0) is 15.7. The van der Waals surface area contributed by atoms with Gasteiger partial charge in [-0.05, 0) is 58.2 Å². The van der Waals surface area contributed by atoms with Crippen LogP contribution in [0.2, 0.25) is 0 Å². The van der Waals surface area contributed by atoms with Crippen molar-refractivity contribution in [1.29, 1.82) is 0 Å². The second-order valence-electron chi connectivity index (χ2n) is 5.72. The summed E-state index contributed by atoms with van der Waals surface area (Å²) in [6.45, 7) is 12.3. The molecule has 3 aromatic carbocycles. The highest BCUT2D eigenvalue weighted by Crippen LogP contribution is 2.36. The number of rotatable bonds is 3. The average Bonchev–Trinajstić information content (AvgIpc) is 2.54. The van der Waals surface area contributed by atoms with E-state index in [1.54, 1.807) is 0 Å². The molecule has 0 saturated heterocycles. The normalized spacial score (nSPS) is 12.3. The Balaban J connectivity index is 2.56. The summed E-state index contributed by atoms with van der Waals surface area (Å²) >= 11 is 0. The van der Waals surface area contributed by atoms with Crippen LogP contribution in [-0.4, -0.2) is 0 Å². The molecule has 0 aliphatic rings. The van der Waals surface area contributed by atoms with Gasteiger partial charge in [-0.1, -0.05) is 73.3 Å². The van der Waals surface area contributed by atoms with Crippen molar-refractivity contribution in [3.8, 4) is 0 Å². The molecule has 0 saturated carbocycles. The molecule has 0 aliphatic heterocycles. The topological polar surface area (TPSA) is 0 Å². The second-order valence-corrected chi connectivity index (χ2v) is 5.72. The van der Waals surface area contributed by atoms with Crippen LogP contribution in [0.5, 0.6) is 0 Å². The van der Waals surface area contributed by atoms with Gasteiger partial charge in [0.2, 0.25) is 0 Å². The summed E-state index contributed by atoms with van der Waals surface area (Å²) in [6.07, 6.45) is 1.96. The summed E-state index contributed by atoms with van der Waals surface area (Å²) < 4.78 is 0. The fourth-order valence-electron chi connectivity index (χ4n) is 2.98. The largest absolute Gasteiger partial charge is 0.0984 e. The highest BCUT2D eigenvalue weighted by atomic mass is 14.2. The van der Waals surface area contributed by atoms with Gasteiger partial charge in [0.25, 0.3) is 0 Å². The quantitative estimate of drug-likeness (QED) is 0.379. The first kappa shape index (κ1) is 14.3. The Labute approximate surface area is 132 Å². The molecule has 0 aromatic heterocycles. The summed E-state index contributed by atoms with van der Waals surface area (Å²) in [4.78, 5) is 0. The Hall–Kier alpha value is -2.60. The monoisotopic (exact) mass is 284 g/mol. The summed E-state index contributed by atoms with van der Waals surface area (Å²) in [6, 6.07) is 19.3. The summed E-state index contributed by atoms with van der Waals surface area (Å²) in [5.74, 6) is 0. The van der Waals surface area contributed by atoms with Crippen LogP contribution in [0, 0.1) is 0 Å². The first-order valence-corrected chi connectivity index (χ1v) is 7.53. The van der Waals surface area contributed by atoms with Crippen LogP contribution < -0.4 is 0 Å². The molecular weight excluding hydrogens is 264 g/mol. The third-order valence-electron chi connectivity index (χ3n) is 4.29. The van der Waals surface area contributed by atoms with Crippen molar-refractivity contribution in [3.05, 3.63) is 90.5 Å². The lowest BCUT2D eigenvalue weighted by Gasteiger charge is -2.15. The summed E-state index contributed by atoms with van der Waals surface area (Å²) in [5, 5.41) is 5.03. The molecular formula is C22H20. The number of hydrogen-bond acceptors (Lipinski definition) is 0. The van der Waals surface area contributed by atoms with Gasteiger partial charge in [0, 0.05) is 0 Å². The van der Waals surface area contributed by atoms with Gasteiger partial charge in [-0.15, -0.1) is 0 Å². The molecule has 0 fully saturated rings. The molecule has 0 aliphatic carbocycles. The van der Waals surface area contributed by atoms with Gasteiger partial charge in [-0.3, -0.25) is 0 Å². The molecule has 0 radical (unpaired) electrons. The number of fused-ring (bicyclic) bond motifs is 2. The van der Waals surface area contributed by atoms with Gasteiger partial charge >= 0.3 is 0 Å². The van der Waals surface area contributed by atoms with E-state index in [4.69, 9.17) is 0 Å². The molecule has 3 rings (SSSR count). The first-order valence-electron chi connectivity index (χ1n) is 7.53. The zero-order valence-corrected chi connectivity index (χ0v) is 13.2. The van der Waals surface area contributed by atoms with Crippen molar-refractivity contribution in [2.75, 3.05) is 0 Å². The summed E-state index contributed by atoms with van der Waals surface area (Å²) in [5.41, 5.74) is 4.69. The van der Waals surface area contributed by atoms with E-state index in [2.05, 4.69) is 74.7 Å². The van der Waals surface area contributed by atoms with E-state index in [-0.39, 0.29) is 0 Å². The Morgan fingerprint density at radius 3 is 1.82 bits per heavy atom.